The molecule has 2 heterocycles. The molecule has 3 aromatic rings. The van der Waals surface area contributed by atoms with Crippen LogP contribution in [0.25, 0.3) is 11.3 Å². The van der Waals surface area contributed by atoms with Gasteiger partial charge in [-0.25, -0.2) is 9.97 Å². The van der Waals surface area contributed by atoms with Crippen LogP contribution in [-0.2, 0) is 4.79 Å². The average Bonchev–Trinajstić information content (AvgIpc) is 2.80. The van der Waals surface area contributed by atoms with Gasteiger partial charge in [-0.15, -0.1) is 0 Å². The molecule has 33 heavy (non-hydrogen) atoms. The van der Waals surface area contributed by atoms with Gasteiger partial charge in [-0.05, 0) is 31.3 Å². The first-order valence-corrected chi connectivity index (χ1v) is 11.1. The summed E-state index contributed by atoms with van der Waals surface area (Å²) in [4.78, 5) is 25.0. The van der Waals surface area contributed by atoms with Crippen molar-refractivity contribution in [2.45, 2.75) is 6.92 Å². The maximum atomic E-state index is 11.4. The van der Waals surface area contributed by atoms with Crippen LogP contribution in [0.2, 0.25) is 5.02 Å². The quantitative estimate of drug-likeness (QED) is 0.561. The Kier molecular flexibility index (Phi) is 6.96. The molecule has 0 unspecified atom stereocenters. The monoisotopic (exact) mass is 466 g/mol. The molecule has 1 amide bonds. The third-order valence-corrected chi connectivity index (χ3v) is 5.76. The second-order valence-corrected chi connectivity index (χ2v) is 8.36. The molecular formula is C24H27ClN6O2. The lowest BCUT2D eigenvalue weighted by Crippen LogP contribution is -2.44. The van der Waals surface area contributed by atoms with E-state index in [0.717, 1.165) is 48.9 Å². The number of carbonyl (C=O) groups excluding carboxylic acids is 1. The molecular weight excluding hydrogens is 440 g/mol. The predicted molar refractivity (Wildman–Crippen MR) is 133 cm³/mol. The Morgan fingerprint density at radius 2 is 1.88 bits per heavy atom. The van der Waals surface area contributed by atoms with E-state index in [1.54, 1.807) is 13.3 Å². The number of likely N-dealkylation sites (N-methyl/N-ethyl adjacent to an activating group) is 1. The average molecular weight is 467 g/mol. The first-order chi connectivity index (χ1) is 15.9. The van der Waals surface area contributed by atoms with E-state index in [4.69, 9.17) is 16.3 Å². The third kappa shape index (κ3) is 5.53. The number of methoxy groups -OCH3 is 1. The fourth-order valence-electron chi connectivity index (χ4n) is 3.77. The highest BCUT2D eigenvalue weighted by atomic mass is 35.5. The van der Waals surface area contributed by atoms with Crippen LogP contribution in [0, 0.1) is 0 Å². The number of piperazine rings is 1. The number of anilines is 4. The zero-order chi connectivity index (χ0) is 23.4. The van der Waals surface area contributed by atoms with Crippen LogP contribution in [0.4, 0.5) is 23.0 Å². The molecule has 1 fully saturated rings. The topological polar surface area (TPSA) is 82.6 Å². The molecule has 1 aliphatic heterocycles. The molecule has 1 aromatic heterocycles. The predicted octanol–water partition coefficient (Wildman–Crippen LogP) is 4.26. The van der Waals surface area contributed by atoms with E-state index in [1.165, 1.54) is 6.92 Å². The molecule has 9 heteroatoms. The second-order valence-electron chi connectivity index (χ2n) is 7.95. The van der Waals surface area contributed by atoms with Crippen molar-refractivity contribution in [2.75, 3.05) is 55.9 Å². The Bertz CT molecular complexity index is 1150. The van der Waals surface area contributed by atoms with Crippen molar-refractivity contribution >= 4 is 40.5 Å². The van der Waals surface area contributed by atoms with Crippen LogP contribution in [-0.4, -0.2) is 61.1 Å². The molecule has 2 aromatic carbocycles. The Morgan fingerprint density at radius 3 is 2.61 bits per heavy atom. The van der Waals surface area contributed by atoms with Gasteiger partial charge in [0.05, 0.1) is 29.7 Å². The van der Waals surface area contributed by atoms with Gasteiger partial charge >= 0.3 is 0 Å². The number of aromatic nitrogens is 2. The van der Waals surface area contributed by atoms with Crippen molar-refractivity contribution in [1.82, 2.24) is 14.9 Å². The molecule has 0 aliphatic carbocycles. The highest BCUT2D eigenvalue weighted by Gasteiger charge is 2.18. The lowest BCUT2D eigenvalue weighted by molar-refractivity contribution is -0.114. The highest BCUT2D eigenvalue weighted by molar-refractivity contribution is 6.32. The number of ether oxygens (including phenoxy) is 1. The number of amides is 1. The third-order valence-electron chi connectivity index (χ3n) is 5.48. The van der Waals surface area contributed by atoms with Crippen LogP contribution >= 0.6 is 11.6 Å². The summed E-state index contributed by atoms with van der Waals surface area (Å²) in [6.07, 6.45) is 1.56. The van der Waals surface area contributed by atoms with Gasteiger partial charge < -0.3 is 25.2 Å². The zero-order valence-corrected chi connectivity index (χ0v) is 19.7. The Hall–Kier alpha value is -3.36. The fraction of sp³-hybridized carbons (Fsp3) is 0.292. The SMILES string of the molecule is COc1cc(Nc2ncc(Cl)c(-c3cccc(NC(C)=O)c3)n2)ccc1N1CCN(C)CC1. The molecule has 0 radical (unpaired) electrons. The molecule has 0 spiro atoms. The first-order valence-electron chi connectivity index (χ1n) is 10.7. The van der Waals surface area contributed by atoms with Crippen molar-refractivity contribution in [1.29, 1.82) is 0 Å². The summed E-state index contributed by atoms with van der Waals surface area (Å²) in [5, 5.41) is 6.44. The normalized spacial score (nSPS) is 14.1. The van der Waals surface area contributed by atoms with E-state index in [2.05, 4.69) is 43.5 Å². The first kappa shape index (κ1) is 22.8. The lowest BCUT2D eigenvalue weighted by Gasteiger charge is -2.34. The summed E-state index contributed by atoms with van der Waals surface area (Å²) in [5.74, 6) is 1.06. The van der Waals surface area contributed by atoms with E-state index >= 15 is 0 Å². The number of rotatable bonds is 6. The van der Waals surface area contributed by atoms with Crippen molar-refractivity contribution in [3.63, 3.8) is 0 Å². The minimum atomic E-state index is -0.141. The maximum absolute atomic E-state index is 11.4. The van der Waals surface area contributed by atoms with E-state index in [0.29, 0.717) is 22.4 Å². The maximum Gasteiger partial charge on any atom is 0.227 e. The standard InChI is InChI=1S/C24H27ClN6O2/c1-16(32)27-18-6-4-5-17(13-18)23-20(25)15-26-24(29-23)28-19-7-8-21(22(14-19)33-3)31-11-9-30(2)10-12-31/h4-8,13-15H,9-12H2,1-3H3,(H,27,32)(H,26,28,29). The molecule has 8 nitrogen and oxygen atoms in total. The van der Waals surface area contributed by atoms with Gasteiger partial charge in [0.15, 0.2) is 0 Å². The molecule has 2 N–H and O–H groups in total. The van der Waals surface area contributed by atoms with E-state index in [9.17, 15) is 4.79 Å². The van der Waals surface area contributed by atoms with E-state index < -0.39 is 0 Å². The number of halogens is 1. The number of benzene rings is 2. The van der Waals surface area contributed by atoms with Crippen LogP contribution in [0.15, 0.2) is 48.7 Å². The molecule has 1 aliphatic rings. The molecule has 172 valence electrons. The summed E-state index contributed by atoms with van der Waals surface area (Å²) >= 11 is 6.39. The van der Waals surface area contributed by atoms with Crippen molar-refractivity contribution in [2.24, 2.45) is 0 Å². The van der Waals surface area contributed by atoms with Crippen molar-refractivity contribution < 1.29 is 9.53 Å². The van der Waals surface area contributed by atoms with Gasteiger partial charge in [-0.1, -0.05) is 23.7 Å². The highest BCUT2D eigenvalue weighted by Crippen LogP contribution is 2.33. The minimum absolute atomic E-state index is 0.141. The lowest BCUT2D eigenvalue weighted by atomic mass is 10.1. The summed E-state index contributed by atoms with van der Waals surface area (Å²) < 4.78 is 5.67. The number of nitrogens with zero attached hydrogens (tertiary/aromatic N) is 4. The van der Waals surface area contributed by atoms with Gasteiger partial charge in [-0.3, -0.25) is 4.79 Å². The number of hydrogen-bond acceptors (Lipinski definition) is 7. The van der Waals surface area contributed by atoms with Crippen LogP contribution in [0.1, 0.15) is 6.92 Å². The van der Waals surface area contributed by atoms with Crippen LogP contribution in [0.3, 0.4) is 0 Å². The Labute approximate surface area is 198 Å². The van der Waals surface area contributed by atoms with Crippen LogP contribution in [0.5, 0.6) is 5.75 Å². The van der Waals surface area contributed by atoms with Gasteiger partial charge in [0.2, 0.25) is 11.9 Å². The van der Waals surface area contributed by atoms with Gasteiger partial charge in [0.1, 0.15) is 5.75 Å². The smallest absolute Gasteiger partial charge is 0.227 e. The number of carbonyl (C=O) groups is 1. The molecule has 0 saturated carbocycles. The number of hydrogen-bond donors (Lipinski definition) is 2. The van der Waals surface area contributed by atoms with Gasteiger partial charge in [0.25, 0.3) is 0 Å². The summed E-state index contributed by atoms with van der Waals surface area (Å²) in [6.45, 7) is 5.43. The van der Waals surface area contributed by atoms with Gasteiger partial charge in [-0.2, -0.15) is 0 Å². The number of nitrogens with one attached hydrogen (secondary N) is 2. The Morgan fingerprint density at radius 1 is 1.09 bits per heavy atom. The van der Waals surface area contributed by atoms with E-state index in [-0.39, 0.29) is 5.91 Å². The fourth-order valence-corrected chi connectivity index (χ4v) is 3.97. The van der Waals surface area contributed by atoms with Crippen molar-refractivity contribution in [3.05, 3.63) is 53.7 Å². The second kappa shape index (κ2) is 10.1. The summed E-state index contributed by atoms with van der Waals surface area (Å²) in [7, 11) is 3.82. The van der Waals surface area contributed by atoms with E-state index in [1.807, 2.05) is 36.4 Å². The molecule has 0 bridgehead atoms. The van der Waals surface area contributed by atoms with Crippen molar-refractivity contribution in [3.8, 4) is 17.0 Å². The zero-order valence-electron chi connectivity index (χ0n) is 18.9. The molecule has 1 saturated heterocycles. The van der Waals surface area contributed by atoms with Gasteiger partial charge in [0, 0.05) is 56.1 Å². The van der Waals surface area contributed by atoms with Crippen LogP contribution < -0.4 is 20.3 Å². The summed E-state index contributed by atoms with van der Waals surface area (Å²) in [5.41, 5.74) is 3.91. The minimum Gasteiger partial charge on any atom is -0.495 e. The molecule has 0 atom stereocenters. The molecule has 4 rings (SSSR count). The summed E-state index contributed by atoms with van der Waals surface area (Å²) in [6, 6.07) is 13.4. The largest absolute Gasteiger partial charge is 0.495 e. The Balaban J connectivity index is 1.57.